The highest BCUT2D eigenvalue weighted by Gasteiger charge is 2.34. The van der Waals surface area contributed by atoms with Crippen LogP contribution in [0.1, 0.15) is 36.5 Å². The molecule has 3 atom stereocenters. The summed E-state index contributed by atoms with van der Waals surface area (Å²) in [6.07, 6.45) is 1.05. The Labute approximate surface area is 212 Å². The van der Waals surface area contributed by atoms with E-state index in [4.69, 9.17) is 4.74 Å². The molecule has 1 saturated heterocycles. The summed E-state index contributed by atoms with van der Waals surface area (Å²) < 4.78 is 47.0. The van der Waals surface area contributed by atoms with E-state index in [0.717, 1.165) is 24.4 Å². The van der Waals surface area contributed by atoms with Gasteiger partial charge in [0.1, 0.15) is 23.2 Å². The van der Waals surface area contributed by atoms with Gasteiger partial charge in [0.05, 0.1) is 43.0 Å². The lowest BCUT2D eigenvalue weighted by Crippen LogP contribution is -2.44. The number of hydrogen-bond donors (Lipinski definition) is 2. The van der Waals surface area contributed by atoms with Crippen molar-refractivity contribution in [1.82, 2.24) is 9.88 Å². The van der Waals surface area contributed by atoms with Crippen LogP contribution in [-0.2, 0) is 4.79 Å². The number of carboxylic acids is 1. The molecular formula is C28H27F3N2O4. The zero-order valence-corrected chi connectivity index (χ0v) is 20.3. The fraction of sp³-hybridized carbons (Fsp3) is 0.357. The highest BCUT2D eigenvalue weighted by atomic mass is 19.1. The molecule has 37 heavy (non-hydrogen) atoms. The Morgan fingerprint density at radius 1 is 1.22 bits per heavy atom. The number of carboxylic acid groups (broad SMARTS) is 1. The lowest BCUT2D eigenvalue weighted by atomic mass is 9.81. The molecule has 2 aromatic carbocycles. The van der Waals surface area contributed by atoms with E-state index in [2.05, 4.69) is 16.8 Å². The van der Waals surface area contributed by atoms with Crippen molar-refractivity contribution in [2.45, 2.75) is 25.4 Å². The normalized spacial score (nSPS) is 18.7. The Kier molecular flexibility index (Phi) is 8.31. The molecule has 2 N–H and O–H groups in total. The van der Waals surface area contributed by atoms with Crippen molar-refractivity contribution in [3.63, 3.8) is 0 Å². The van der Waals surface area contributed by atoms with Gasteiger partial charge in [-0.15, -0.1) is 0 Å². The zero-order valence-electron chi connectivity index (χ0n) is 20.3. The van der Waals surface area contributed by atoms with Gasteiger partial charge < -0.3 is 14.9 Å². The van der Waals surface area contributed by atoms with E-state index in [1.54, 1.807) is 18.2 Å². The van der Waals surface area contributed by atoms with Gasteiger partial charge >= 0.3 is 5.97 Å². The number of aliphatic hydroxyl groups is 1. The van der Waals surface area contributed by atoms with Crippen molar-refractivity contribution < 1.29 is 32.9 Å². The summed E-state index contributed by atoms with van der Waals surface area (Å²) in [6.45, 7) is 1.01. The molecule has 194 valence electrons. The van der Waals surface area contributed by atoms with Gasteiger partial charge in [0.2, 0.25) is 0 Å². The van der Waals surface area contributed by atoms with Gasteiger partial charge in [0.25, 0.3) is 0 Å². The van der Waals surface area contributed by atoms with Gasteiger partial charge in [-0.3, -0.25) is 14.7 Å². The van der Waals surface area contributed by atoms with E-state index in [1.165, 1.54) is 7.11 Å². The van der Waals surface area contributed by atoms with Gasteiger partial charge in [0, 0.05) is 17.5 Å². The molecule has 1 aromatic heterocycles. The molecule has 0 saturated carbocycles. The van der Waals surface area contributed by atoms with Crippen LogP contribution in [0.2, 0.25) is 0 Å². The van der Waals surface area contributed by atoms with Crippen molar-refractivity contribution in [3.8, 4) is 17.6 Å². The van der Waals surface area contributed by atoms with Gasteiger partial charge in [-0.2, -0.15) is 0 Å². The number of fused-ring (bicyclic) bond motifs is 1. The maximum Gasteiger partial charge on any atom is 0.308 e. The molecule has 1 aliphatic heterocycles. The first-order chi connectivity index (χ1) is 17.8. The van der Waals surface area contributed by atoms with Gasteiger partial charge in [-0.05, 0) is 68.1 Å². The number of ether oxygens (including phenoxy) is 1. The van der Waals surface area contributed by atoms with E-state index in [-0.39, 0.29) is 36.6 Å². The number of nitrogens with zero attached hydrogens (tertiary/aromatic N) is 2. The molecule has 0 amide bonds. The molecule has 0 radical (unpaired) electrons. The second-order valence-corrected chi connectivity index (χ2v) is 9.15. The Hall–Kier alpha value is -3.61. The van der Waals surface area contributed by atoms with Crippen LogP contribution >= 0.6 is 0 Å². The Morgan fingerprint density at radius 3 is 2.78 bits per heavy atom. The van der Waals surface area contributed by atoms with Crippen molar-refractivity contribution in [1.29, 1.82) is 0 Å². The number of aromatic nitrogens is 1. The van der Waals surface area contributed by atoms with E-state index in [0.29, 0.717) is 36.0 Å². The lowest BCUT2D eigenvalue weighted by molar-refractivity contribution is -0.146. The number of pyridine rings is 1. The van der Waals surface area contributed by atoms with Gasteiger partial charge in [0.15, 0.2) is 0 Å². The second-order valence-electron chi connectivity index (χ2n) is 9.15. The number of rotatable bonds is 7. The third-order valence-electron chi connectivity index (χ3n) is 6.82. The number of halogens is 3. The van der Waals surface area contributed by atoms with Crippen LogP contribution in [0.3, 0.4) is 0 Å². The van der Waals surface area contributed by atoms with Crippen LogP contribution in [0, 0.1) is 41.1 Å². The van der Waals surface area contributed by atoms with Crippen LogP contribution in [0.5, 0.6) is 5.75 Å². The summed E-state index contributed by atoms with van der Waals surface area (Å²) in [5.74, 6) is 2.19. The summed E-state index contributed by atoms with van der Waals surface area (Å²) >= 11 is 0. The standard InChI is InChI=1S/C28H27F3N2O4/c1-37-20-6-8-25-21(14-20)27(24(31)15-32-25)26(34)9-4-17-10-12-33(16-22(17)28(35)36)11-2-3-18-13-19(29)5-7-23(18)30/h5-8,13-15,17,22,26,34H,4,9-12,16H2,1H3,(H,35,36)/t17?,22?,26-/m1/s1. The predicted molar refractivity (Wildman–Crippen MR) is 131 cm³/mol. The van der Waals surface area contributed by atoms with Crippen molar-refractivity contribution in [2.75, 3.05) is 26.7 Å². The first-order valence-electron chi connectivity index (χ1n) is 12.0. The number of hydrogen-bond acceptors (Lipinski definition) is 5. The zero-order chi connectivity index (χ0) is 26.5. The molecule has 0 spiro atoms. The number of likely N-dealkylation sites (tertiary alicyclic amines) is 1. The number of benzene rings is 2. The van der Waals surface area contributed by atoms with Crippen LogP contribution in [0.4, 0.5) is 13.2 Å². The number of carbonyl (C=O) groups is 1. The Balaban J connectivity index is 1.41. The molecule has 0 aliphatic carbocycles. The molecule has 2 heterocycles. The number of aliphatic hydroxyl groups excluding tert-OH is 1. The summed E-state index contributed by atoms with van der Waals surface area (Å²) in [5.41, 5.74) is 0.590. The monoisotopic (exact) mass is 512 g/mol. The van der Waals surface area contributed by atoms with E-state index in [1.807, 2.05) is 4.90 Å². The summed E-state index contributed by atoms with van der Waals surface area (Å²) in [5, 5.41) is 21.2. The Bertz CT molecular complexity index is 1350. The van der Waals surface area contributed by atoms with Gasteiger partial charge in [-0.25, -0.2) is 13.2 Å². The summed E-state index contributed by atoms with van der Waals surface area (Å²) in [4.78, 5) is 17.9. The predicted octanol–water partition coefficient (Wildman–Crippen LogP) is 4.55. The fourth-order valence-electron chi connectivity index (χ4n) is 4.83. The average molecular weight is 513 g/mol. The largest absolute Gasteiger partial charge is 0.497 e. The molecule has 1 fully saturated rings. The summed E-state index contributed by atoms with van der Waals surface area (Å²) in [7, 11) is 1.49. The first kappa shape index (κ1) is 26.5. The smallest absolute Gasteiger partial charge is 0.308 e. The van der Waals surface area contributed by atoms with Crippen molar-refractivity contribution in [2.24, 2.45) is 11.8 Å². The molecular weight excluding hydrogens is 485 g/mol. The SMILES string of the molecule is COc1ccc2ncc(F)c([C@H](O)CCC3CCN(CC#Cc4cc(F)ccc4F)CC3C(=O)O)c2c1. The average Bonchev–Trinajstić information content (AvgIpc) is 2.89. The van der Waals surface area contributed by atoms with Crippen LogP contribution in [0.15, 0.2) is 42.6 Å². The number of piperidine rings is 1. The molecule has 9 heteroatoms. The maximum atomic E-state index is 14.7. The van der Waals surface area contributed by atoms with Gasteiger partial charge in [-0.1, -0.05) is 11.8 Å². The summed E-state index contributed by atoms with van der Waals surface area (Å²) in [6, 6.07) is 8.06. The van der Waals surface area contributed by atoms with E-state index >= 15 is 0 Å². The third-order valence-corrected chi connectivity index (χ3v) is 6.82. The minimum absolute atomic E-state index is 0.0489. The van der Waals surface area contributed by atoms with E-state index < -0.39 is 35.4 Å². The number of aliphatic carboxylic acids is 1. The molecule has 6 nitrogen and oxygen atoms in total. The topological polar surface area (TPSA) is 82.9 Å². The highest BCUT2D eigenvalue weighted by Crippen LogP contribution is 2.34. The minimum atomic E-state index is -1.14. The van der Waals surface area contributed by atoms with E-state index in [9.17, 15) is 28.2 Å². The third kappa shape index (κ3) is 6.21. The second kappa shape index (κ2) is 11.6. The number of methoxy groups -OCH3 is 1. The lowest BCUT2D eigenvalue weighted by Gasteiger charge is -2.36. The minimum Gasteiger partial charge on any atom is -0.497 e. The van der Waals surface area contributed by atoms with Crippen molar-refractivity contribution in [3.05, 3.63) is 71.2 Å². The molecule has 4 rings (SSSR count). The first-order valence-corrected chi connectivity index (χ1v) is 12.0. The van der Waals surface area contributed by atoms with Crippen LogP contribution < -0.4 is 4.74 Å². The Morgan fingerprint density at radius 2 is 2.03 bits per heavy atom. The fourth-order valence-corrected chi connectivity index (χ4v) is 4.83. The maximum absolute atomic E-state index is 14.7. The molecule has 2 unspecified atom stereocenters. The molecule has 3 aromatic rings. The quantitative estimate of drug-likeness (QED) is 0.452. The molecule has 0 bridgehead atoms. The highest BCUT2D eigenvalue weighted by molar-refractivity contribution is 5.84. The van der Waals surface area contributed by atoms with Crippen LogP contribution in [0.25, 0.3) is 10.9 Å². The van der Waals surface area contributed by atoms with Crippen LogP contribution in [-0.4, -0.2) is 52.8 Å². The molecule has 1 aliphatic rings. The van der Waals surface area contributed by atoms with Crippen molar-refractivity contribution >= 4 is 16.9 Å².